The average Bonchev–Trinajstić information content (AvgIpc) is 2.60. The lowest BCUT2D eigenvalue weighted by atomic mass is 10.1. The summed E-state index contributed by atoms with van der Waals surface area (Å²) >= 11 is 0. The van der Waals surface area contributed by atoms with Gasteiger partial charge in [-0.25, -0.2) is 0 Å². The van der Waals surface area contributed by atoms with Gasteiger partial charge in [-0.1, -0.05) is 12.1 Å². The number of nitriles is 1. The Balaban J connectivity index is 2.29. The van der Waals surface area contributed by atoms with Crippen molar-refractivity contribution < 1.29 is 28.0 Å². The maximum Gasteiger partial charge on any atom is 0.416 e. The van der Waals surface area contributed by atoms with Crippen LogP contribution in [0, 0.1) is 21.4 Å². The summed E-state index contributed by atoms with van der Waals surface area (Å²) in [5.74, 6) is -1.59. The van der Waals surface area contributed by atoms with Crippen molar-refractivity contribution in [3.63, 3.8) is 0 Å². The second-order valence-electron chi connectivity index (χ2n) is 5.21. The molecule has 0 bridgehead atoms. The topological polar surface area (TPSA) is 116 Å². The molecule has 0 radical (unpaired) electrons. The number of nitro benzene ring substituents is 1. The van der Waals surface area contributed by atoms with Gasteiger partial charge in [-0.15, -0.1) is 0 Å². The Labute approximate surface area is 150 Å². The van der Waals surface area contributed by atoms with Crippen LogP contribution in [0.5, 0.6) is 5.75 Å². The van der Waals surface area contributed by atoms with Gasteiger partial charge in [0, 0.05) is 11.8 Å². The van der Waals surface area contributed by atoms with Crippen molar-refractivity contribution in [2.45, 2.75) is 6.18 Å². The molecule has 0 aliphatic heterocycles. The van der Waals surface area contributed by atoms with Gasteiger partial charge in [0.2, 0.25) is 0 Å². The van der Waals surface area contributed by atoms with Gasteiger partial charge in [-0.05, 0) is 35.9 Å². The molecular formula is C17H10F3N3O4. The summed E-state index contributed by atoms with van der Waals surface area (Å²) in [6.45, 7) is 0. The lowest BCUT2D eigenvalue weighted by Crippen LogP contribution is -2.14. The number of alkyl halides is 3. The highest BCUT2D eigenvalue weighted by Crippen LogP contribution is 2.31. The average molecular weight is 377 g/mol. The molecule has 0 heterocycles. The number of nitrogens with one attached hydrogen (secondary N) is 1. The predicted molar refractivity (Wildman–Crippen MR) is 88.4 cm³/mol. The fraction of sp³-hybridized carbons (Fsp3) is 0.0588. The van der Waals surface area contributed by atoms with Crippen molar-refractivity contribution in [2.24, 2.45) is 0 Å². The van der Waals surface area contributed by atoms with Gasteiger partial charge < -0.3 is 10.4 Å². The normalized spacial score (nSPS) is 11.6. The molecule has 0 aromatic heterocycles. The summed E-state index contributed by atoms with van der Waals surface area (Å²) in [5.41, 5.74) is -2.19. The van der Waals surface area contributed by atoms with Crippen LogP contribution < -0.4 is 5.32 Å². The minimum Gasteiger partial charge on any atom is -0.502 e. The molecule has 138 valence electrons. The quantitative estimate of drug-likeness (QED) is 0.363. The van der Waals surface area contributed by atoms with Crippen molar-refractivity contribution in [2.75, 3.05) is 5.32 Å². The molecule has 27 heavy (non-hydrogen) atoms. The van der Waals surface area contributed by atoms with Gasteiger partial charge in [0.1, 0.15) is 11.6 Å². The minimum absolute atomic E-state index is 0.0789. The van der Waals surface area contributed by atoms with Crippen LogP contribution in [0.4, 0.5) is 24.5 Å². The SMILES string of the molecule is N#C/C(=C\c1ccc(O)c([N+](=O)[O-])c1)C(=O)Nc1cccc(C(F)(F)F)c1. The van der Waals surface area contributed by atoms with E-state index >= 15 is 0 Å². The minimum atomic E-state index is -4.60. The van der Waals surface area contributed by atoms with E-state index in [9.17, 15) is 33.2 Å². The summed E-state index contributed by atoms with van der Waals surface area (Å²) in [6, 6.07) is 8.62. The highest BCUT2D eigenvalue weighted by molar-refractivity contribution is 6.09. The largest absolute Gasteiger partial charge is 0.502 e. The summed E-state index contributed by atoms with van der Waals surface area (Å²) < 4.78 is 38.1. The van der Waals surface area contributed by atoms with E-state index in [1.807, 2.05) is 0 Å². The molecule has 0 fully saturated rings. The molecule has 0 spiro atoms. The number of nitrogens with zero attached hydrogens (tertiary/aromatic N) is 2. The number of anilines is 1. The first-order valence-corrected chi connectivity index (χ1v) is 7.19. The van der Waals surface area contributed by atoms with Crippen molar-refractivity contribution in [3.05, 3.63) is 69.3 Å². The Morgan fingerprint density at radius 2 is 1.96 bits per heavy atom. The molecule has 7 nitrogen and oxygen atoms in total. The number of hydrogen-bond donors (Lipinski definition) is 2. The van der Waals surface area contributed by atoms with E-state index in [0.717, 1.165) is 30.3 Å². The molecule has 0 aliphatic carbocycles. The molecule has 2 N–H and O–H groups in total. The zero-order valence-electron chi connectivity index (χ0n) is 13.3. The number of hydrogen-bond acceptors (Lipinski definition) is 5. The number of aromatic hydroxyl groups is 1. The fourth-order valence-electron chi connectivity index (χ4n) is 2.06. The first kappa shape index (κ1) is 19.5. The molecular weight excluding hydrogens is 367 g/mol. The van der Waals surface area contributed by atoms with Gasteiger partial charge in [0.25, 0.3) is 5.91 Å². The van der Waals surface area contributed by atoms with Crippen LogP contribution in [-0.4, -0.2) is 15.9 Å². The molecule has 10 heteroatoms. The number of phenolic OH excluding ortho intramolecular Hbond substituents is 1. The highest BCUT2D eigenvalue weighted by atomic mass is 19.4. The van der Waals surface area contributed by atoms with Crippen LogP contribution in [0.2, 0.25) is 0 Å². The molecule has 0 unspecified atom stereocenters. The van der Waals surface area contributed by atoms with E-state index in [1.54, 1.807) is 6.07 Å². The fourth-order valence-corrected chi connectivity index (χ4v) is 2.06. The van der Waals surface area contributed by atoms with Crippen LogP contribution in [0.3, 0.4) is 0 Å². The standard InChI is InChI=1S/C17H10F3N3O4/c18-17(19,20)12-2-1-3-13(8-12)22-16(25)11(9-21)6-10-4-5-15(24)14(7-10)23(26)27/h1-8,24H,(H,22,25)/b11-6+. The lowest BCUT2D eigenvalue weighted by Gasteiger charge is -2.09. The molecule has 2 rings (SSSR count). The summed E-state index contributed by atoms with van der Waals surface area (Å²) in [5, 5.41) is 31.5. The van der Waals surface area contributed by atoms with Crippen LogP contribution >= 0.6 is 0 Å². The molecule has 0 atom stereocenters. The number of halogens is 3. The first-order chi connectivity index (χ1) is 12.6. The third kappa shape index (κ3) is 4.82. The van der Waals surface area contributed by atoms with Gasteiger partial charge in [0.15, 0.2) is 5.75 Å². The van der Waals surface area contributed by atoms with Gasteiger partial charge >= 0.3 is 11.9 Å². The van der Waals surface area contributed by atoms with Crippen LogP contribution in [0.25, 0.3) is 6.08 Å². The van der Waals surface area contributed by atoms with Crippen LogP contribution in [0.15, 0.2) is 48.0 Å². The van der Waals surface area contributed by atoms with Crippen molar-refractivity contribution in [3.8, 4) is 11.8 Å². The van der Waals surface area contributed by atoms with E-state index in [-0.39, 0.29) is 11.3 Å². The smallest absolute Gasteiger partial charge is 0.416 e. The first-order valence-electron chi connectivity index (χ1n) is 7.19. The Morgan fingerprint density at radius 3 is 2.56 bits per heavy atom. The number of carbonyl (C=O) groups excluding carboxylic acids is 1. The Hall–Kier alpha value is -3.87. The number of amides is 1. The molecule has 2 aromatic rings. The molecule has 0 aliphatic rings. The summed E-state index contributed by atoms with van der Waals surface area (Å²) in [7, 11) is 0. The van der Waals surface area contributed by atoms with Gasteiger partial charge in [-0.2, -0.15) is 18.4 Å². The van der Waals surface area contributed by atoms with Crippen LogP contribution in [0.1, 0.15) is 11.1 Å². The van der Waals surface area contributed by atoms with Crippen molar-refractivity contribution in [1.29, 1.82) is 5.26 Å². The van der Waals surface area contributed by atoms with Gasteiger partial charge in [0.05, 0.1) is 10.5 Å². The third-order valence-corrected chi connectivity index (χ3v) is 3.32. The van der Waals surface area contributed by atoms with Crippen LogP contribution in [-0.2, 0) is 11.0 Å². The lowest BCUT2D eigenvalue weighted by molar-refractivity contribution is -0.385. The molecule has 1 amide bonds. The second kappa shape index (κ2) is 7.57. The Kier molecular flexibility index (Phi) is 5.45. The van der Waals surface area contributed by atoms with E-state index in [4.69, 9.17) is 5.26 Å². The zero-order chi connectivity index (χ0) is 20.2. The summed E-state index contributed by atoms with van der Waals surface area (Å²) in [4.78, 5) is 22.1. The monoisotopic (exact) mass is 377 g/mol. The number of carbonyl (C=O) groups is 1. The number of phenols is 1. The van der Waals surface area contributed by atoms with E-state index < -0.39 is 39.6 Å². The molecule has 0 saturated heterocycles. The third-order valence-electron chi connectivity index (χ3n) is 3.32. The molecule has 0 saturated carbocycles. The Morgan fingerprint density at radius 1 is 1.26 bits per heavy atom. The van der Waals surface area contributed by atoms with E-state index in [0.29, 0.717) is 6.07 Å². The van der Waals surface area contributed by atoms with Gasteiger partial charge in [-0.3, -0.25) is 14.9 Å². The highest BCUT2D eigenvalue weighted by Gasteiger charge is 2.30. The zero-order valence-corrected chi connectivity index (χ0v) is 13.3. The number of nitro groups is 1. The predicted octanol–water partition coefficient (Wildman–Crippen LogP) is 3.86. The van der Waals surface area contributed by atoms with Crippen molar-refractivity contribution >= 4 is 23.4 Å². The van der Waals surface area contributed by atoms with E-state index in [1.165, 1.54) is 12.1 Å². The Bertz CT molecular complexity index is 978. The maximum absolute atomic E-state index is 12.7. The number of benzene rings is 2. The second-order valence-corrected chi connectivity index (χ2v) is 5.21. The molecule has 2 aromatic carbocycles. The van der Waals surface area contributed by atoms with Crippen molar-refractivity contribution in [1.82, 2.24) is 0 Å². The number of rotatable bonds is 4. The maximum atomic E-state index is 12.7. The summed E-state index contributed by atoms with van der Waals surface area (Å²) in [6.07, 6.45) is -3.59. The van der Waals surface area contributed by atoms with E-state index in [2.05, 4.69) is 5.32 Å².